The van der Waals surface area contributed by atoms with Gasteiger partial charge in [-0.2, -0.15) is 0 Å². The third-order valence-electron chi connectivity index (χ3n) is 1.64. The summed E-state index contributed by atoms with van der Waals surface area (Å²) in [6, 6.07) is 0. The van der Waals surface area contributed by atoms with E-state index in [4.69, 9.17) is 39.9 Å². The van der Waals surface area contributed by atoms with Crippen molar-refractivity contribution in [3.8, 4) is 0 Å². The molecule has 1 heterocycles. The predicted molar refractivity (Wildman–Crippen MR) is 60.0 cm³/mol. The number of nitrogens with zero attached hydrogens (tertiary/aromatic N) is 3. The van der Waals surface area contributed by atoms with Crippen LogP contribution >= 0.6 is 34.8 Å². The minimum atomic E-state index is -1.66. The molecule has 0 bridgehead atoms. The van der Waals surface area contributed by atoms with Gasteiger partial charge in [0, 0.05) is 0 Å². The van der Waals surface area contributed by atoms with Crippen LogP contribution in [0.1, 0.15) is 18.3 Å². The molecule has 0 aromatic carbocycles. The third-order valence-corrected chi connectivity index (χ3v) is 2.18. The van der Waals surface area contributed by atoms with Crippen molar-refractivity contribution in [2.24, 2.45) is 0 Å². The topological polar surface area (TPSA) is 50.9 Å². The number of allylic oxidation sites excluding steroid dienone is 1. The van der Waals surface area contributed by atoms with Crippen LogP contribution in [0.2, 0.25) is 0 Å². The van der Waals surface area contributed by atoms with Gasteiger partial charge in [0.05, 0.1) is 13.2 Å². The number of aliphatic hydroxyl groups excluding tert-OH is 1. The van der Waals surface area contributed by atoms with Crippen molar-refractivity contribution in [1.82, 2.24) is 15.0 Å². The normalized spacial score (nSPS) is 11.8. The summed E-state index contributed by atoms with van der Waals surface area (Å²) in [4.78, 5) is 0. The van der Waals surface area contributed by atoms with Gasteiger partial charge in [0.1, 0.15) is 11.4 Å². The van der Waals surface area contributed by atoms with Gasteiger partial charge in [-0.25, -0.2) is 4.68 Å². The highest BCUT2D eigenvalue weighted by atomic mass is 35.6. The summed E-state index contributed by atoms with van der Waals surface area (Å²) in [7, 11) is 0. The van der Waals surface area contributed by atoms with E-state index in [0.717, 1.165) is 5.57 Å². The molecule has 4 nitrogen and oxygen atoms in total. The molecule has 1 aromatic rings. The fourth-order valence-corrected chi connectivity index (χ4v) is 1.75. The van der Waals surface area contributed by atoms with Gasteiger partial charge in [0.25, 0.3) is 0 Å². The van der Waals surface area contributed by atoms with E-state index in [-0.39, 0.29) is 18.0 Å². The maximum absolute atomic E-state index is 9.02. The Kier molecular flexibility index (Phi) is 4.00. The highest BCUT2D eigenvalue weighted by Crippen LogP contribution is 2.39. The van der Waals surface area contributed by atoms with Crippen LogP contribution in [-0.2, 0) is 16.9 Å². The molecule has 1 aromatic heterocycles. The summed E-state index contributed by atoms with van der Waals surface area (Å²) >= 11 is 17.3. The molecule has 0 aliphatic carbocycles. The Morgan fingerprint density at radius 1 is 1.53 bits per heavy atom. The first-order chi connectivity index (χ1) is 6.86. The minimum Gasteiger partial charge on any atom is -0.390 e. The van der Waals surface area contributed by atoms with Crippen LogP contribution in [0.5, 0.6) is 0 Å². The zero-order chi connectivity index (χ0) is 11.6. The van der Waals surface area contributed by atoms with E-state index in [1.54, 1.807) is 0 Å². The Labute approximate surface area is 102 Å². The first-order valence-electron chi connectivity index (χ1n) is 4.11. The lowest BCUT2D eigenvalue weighted by atomic mass is 10.3. The van der Waals surface area contributed by atoms with Crippen LogP contribution in [0.25, 0.3) is 0 Å². The Balaban J connectivity index is 3.17. The summed E-state index contributed by atoms with van der Waals surface area (Å²) in [6.07, 6.45) is 0. The molecular weight excluding hydrogens is 260 g/mol. The van der Waals surface area contributed by atoms with Crippen LogP contribution in [0, 0.1) is 0 Å². The summed E-state index contributed by atoms with van der Waals surface area (Å²) < 4.78 is -0.238. The second kappa shape index (κ2) is 4.70. The van der Waals surface area contributed by atoms with E-state index in [1.165, 1.54) is 4.68 Å². The number of hydrogen-bond donors (Lipinski definition) is 1. The number of aromatic nitrogens is 3. The van der Waals surface area contributed by atoms with Crippen molar-refractivity contribution in [2.75, 3.05) is 0 Å². The van der Waals surface area contributed by atoms with E-state index < -0.39 is 3.79 Å². The zero-order valence-electron chi connectivity index (χ0n) is 8.04. The van der Waals surface area contributed by atoms with E-state index in [0.29, 0.717) is 6.54 Å². The maximum Gasteiger partial charge on any atom is 0.234 e. The first-order valence-corrected chi connectivity index (χ1v) is 5.24. The van der Waals surface area contributed by atoms with Crippen molar-refractivity contribution in [1.29, 1.82) is 0 Å². The summed E-state index contributed by atoms with van der Waals surface area (Å²) in [5, 5.41) is 16.5. The average Bonchev–Trinajstić information content (AvgIpc) is 2.45. The molecule has 15 heavy (non-hydrogen) atoms. The lowest BCUT2D eigenvalue weighted by Gasteiger charge is -2.14. The highest BCUT2D eigenvalue weighted by Gasteiger charge is 2.32. The Hall–Kier alpha value is -0.290. The van der Waals surface area contributed by atoms with E-state index in [9.17, 15) is 0 Å². The molecule has 0 aliphatic rings. The fraction of sp³-hybridized carbons (Fsp3) is 0.500. The predicted octanol–water partition coefficient (Wildman–Crippen LogP) is 2.17. The molecule has 0 amide bonds. The van der Waals surface area contributed by atoms with Gasteiger partial charge < -0.3 is 5.11 Å². The van der Waals surface area contributed by atoms with Crippen molar-refractivity contribution < 1.29 is 5.11 Å². The van der Waals surface area contributed by atoms with Gasteiger partial charge in [0.15, 0.2) is 0 Å². The van der Waals surface area contributed by atoms with Crippen LogP contribution in [-0.4, -0.2) is 20.1 Å². The van der Waals surface area contributed by atoms with E-state index in [2.05, 4.69) is 16.9 Å². The molecule has 1 rings (SSSR count). The lowest BCUT2D eigenvalue weighted by molar-refractivity contribution is 0.275. The smallest absolute Gasteiger partial charge is 0.234 e. The minimum absolute atomic E-state index is 0.260. The first kappa shape index (κ1) is 12.8. The van der Waals surface area contributed by atoms with Gasteiger partial charge in [-0.15, -0.1) is 5.10 Å². The van der Waals surface area contributed by atoms with Gasteiger partial charge in [-0.1, -0.05) is 52.2 Å². The van der Waals surface area contributed by atoms with Crippen molar-refractivity contribution in [3.63, 3.8) is 0 Å². The molecule has 0 atom stereocenters. The van der Waals surface area contributed by atoms with Crippen molar-refractivity contribution in [3.05, 3.63) is 23.5 Å². The molecule has 0 saturated carbocycles. The molecular formula is C8H10Cl3N3O. The van der Waals surface area contributed by atoms with Crippen LogP contribution < -0.4 is 0 Å². The molecule has 0 aliphatic heterocycles. The standard InChI is InChI=1S/C8H10Cl3N3O/c1-5(2)3-14-7(8(9,10)11)6(4-15)12-13-14/h15H,1,3-4H2,2H3. The largest absolute Gasteiger partial charge is 0.390 e. The molecule has 1 N–H and O–H groups in total. The number of aliphatic hydroxyl groups is 1. The molecule has 0 saturated heterocycles. The highest BCUT2D eigenvalue weighted by molar-refractivity contribution is 6.66. The molecule has 0 unspecified atom stereocenters. The Morgan fingerprint density at radius 2 is 2.13 bits per heavy atom. The summed E-state index contributed by atoms with van der Waals surface area (Å²) in [5.41, 5.74) is 1.38. The molecule has 84 valence electrons. The Bertz CT molecular complexity index is 370. The van der Waals surface area contributed by atoms with Crippen LogP contribution in [0.15, 0.2) is 12.2 Å². The number of halogens is 3. The SMILES string of the molecule is C=C(C)Cn1nnc(CO)c1C(Cl)(Cl)Cl. The van der Waals surface area contributed by atoms with Crippen LogP contribution in [0.3, 0.4) is 0 Å². The molecule has 0 spiro atoms. The second-order valence-electron chi connectivity index (χ2n) is 3.16. The van der Waals surface area contributed by atoms with Crippen molar-refractivity contribution in [2.45, 2.75) is 23.9 Å². The quantitative estimate of drug-likeness (QED) is 0.676. The summed E-state index contributed by atoms with van der Waals surface area (Å²) in [5.74, 6) is 0. The maximum atomic E-state index is 9.02. The van der Waals surface area contributed by atoms with Gasteiger partial charge in [0.2, 0.25) is 3.79 Å². The molecule has 0 radical (unpaired) electrons. The molecule has 0 fully saturated rings. The van der Waals surface area contributed by atoms with Gasteiger partial charge in [-0.05, 0) is 6.92 Å². The summed E-state index contributed by atoms with van der Waals surface area (Å²) in [6.45, 7) is 5.63. The van der Waals surface area contributed by atoms with Crippen molar-refractivity contribution >= 4 is 34.8 Å². The Morgan fingerprint density at radius 3 is 2.53 bits per heavy atom. The third kappa shape index (κ3) is 3.08. The monoisotopic (exact) mass is 269 g/mol. The van der Waals surface area contributed by atoms with E-state index in [1.807, 2.05) is 6.92 Å². The zero-order valence-corrected chi connectivity index (χ0v) is 10.3. The van der Waals surface area contributed by atoms with E-state index >= 15 is 0 Å². The molecule has 7 heteroatoms. The number of rotatable bonds is 3. The van der Waals surface area contributed by atoms with Gasteiger partial charge in [-0.3, -0.25) is 0 Å². The number of alkyl halides is 3. The van der Waals surface area contributed by atoms with Gasteiger partial charge >= 0.3 is 0 Å². The lowest BCUT2D eigenvalue weighted by Crippen LogP contribution is -2.14. The average molecular weight is 271 g/mol. The van der Waals surface area contributed by atoms with Crippen LogP contribution in [0.4, 0.5) is 0 Å². The second-order valence-corrected chi connectivity index (χ2v) is 5.44. The fourth-order valence-electron chi connectivity index (χ4n) is 1.13. The number of hydrogen-bond acceptors (Lipinski definition) is 3.